The van der Waals surface area contributed by atoms with Crippen LogP contribution in [0.15, 0.2) is 29.8 Å². The third-order valence-corrected chi connectivity index (χ3v) is 6.93. The number of amides is 1. The van der Waals surface area contributed by atoms with E-state index in [9.17, 15) is 14.7 Å². The number of carbonyl (C=O) groups is 2. The fraction of sp³-hybridized carbons (Fsp3) is 0.458. The summed E-state index contributed by atoms with van der Waals surface area (Å²) in [6.45, 7) is 5.50. The lowest BCUT2D eigenvalue weighted by molar-refractivity contribution is 0.0513. The van der Waals surface area contributed by atoms with Gasteiger partial charge in [0.05, 0.1) is 11.3 Å². The molecule has 1 N–H and O–H groups in total. The van der Waals surface area contributed by atoms with Gasteiger partial charge in [0, 0.05) is 33.7 Å². The number of benzene rings is 1. The molecule has 0 bridgehead atoms. The first kappa shape index (κ1) is 21.0. The molecule has 1 atom stereocenters. The number of aromatic nitrogens is 2. The van der Waals surface area contributed by atoms with Crippen molar-refractivity contribution < 1.29 is 19.4 Å². The average molecular weight is 454 g/mol. The van der Waals surface area contributed by atoms with Gasteiger partial charge in [-0.3, -0.25) is 4.79 Å². The maximum Gasteiger partial charge on any atom is 0.435 e. The molecule has 1 aromatic carbocycles. The van der Waals surface area contributed by atoms with Crippen LogP contribution in [-0.4, -0.2) is 49.5 Å². The van der Waals surface area contributed by atoms with Crippen LogP contribution in [0, 0.1) is 0 Å². The molecular formula is C24H27N3O4S. The summed E-state index contributed by atoms with van der Waals surface area (Å²) in [6.07, 6.45) is 5.56. The lowest BCUT2D eigenvalue weighted by Crippen LogP contribution is -2.44. The zero-order valence-corrected chi connectivity index (χ0v) is 19.3. The zero-order chi connectivity index (χ0) is 22.6. The van der Waals surface area contributed by atoms with Crippen LogP contribution < -0.4 is 0 Å². The molecule has 168 valence electrons. The lowest BCUT2D eigenvalue weighted by Gasteiger charge is -2.34. The van der Waals surface area contributed by atoms with E-state index in [0.717, 1.165) is 47.0 Å². The van der Waals surface area contributed by atoms with Gasteiger partial charge in [0.25, 0.3) is 5.91 Å². The molecule has 32 heavy (non-hydrogen) atoms. The Balaban J connectivity index is 1.39. The Hall–Kier alpha value is -2.87. The third-order valence-electron chi connectivity index (χ3n) is 5.99. The second kappa shape index (κ2) is 7.62. The predicted octanol–water partition coefficient (Wildman–Crippen LogP) is 4.75. The van der Waals surface area contributed by atoms with Crippen LogP contribution in [0.2, 0.25) is 0 Å². The number of ether oxygens (including phenoxy) is 1. The molecule has 0 spiro atoms. The van der Waals surface area contributed by atoms with E-state index >= 15 is 0 Å². The van der Waals surface area contributed by atoms with Crippen LogP contribution in [0.3, 0.4) is 0 Å². The Morgan fingerprint density at radius 2 is 2.00 bits per heavy atom. The van der Waals surface area contributed by atoms with E-state index in [1.165, 1.54) is 16.0 Å². The standard InChI is InChI=1S/C24H27N3O4S/c1-24(2,3)31-23(30)26-12-14-10-16(6-9-20(14)25-26)27(15-4-5-15)22(29)19-13-32-21-11-17(28)7-8-18(19)21/h7-8,11-13,15-16,28H,4-6,9-10H2,1-3H3. The van der Waals surface area contributed by atoms with Gasteiger partial charge in [-0.25, -0.2) is 4.79 Å². The van der Waals surface area contributed by atoms with E-state index < -0.39 is 11.7 Å². The van der Waals surface area contributed by atoms with Gasteiger partial charge in [-0.15, -0.1) is 11.3 Å². The number of nitrogens with zero attached hydrogens (tertiary/aromatic N) is 3. The maximum atomic E-state index is 13.6. The predicted molar refractivity (Wildman–Crippen MR) is 122 cm³/mol. The molecule has 1 unspecified atom stereocenters. The molecular weight excluding hydrogens is 426 g/mol. The minimum Gasteiger partial charge on any atom is -0.508 e. The first-order valence-corrected chi connectivity index (χ1v) is 11.9. The lowest BCUT2D eigenvalue weighted by atomic mass is 9.91. The van der Waals surface area contributed by atoms with Gasteiger partial charge in [0.2, 0.25) is 0 Å². The molecule has 2 heterocycles. The minimum absolute atomic E-state index is 0.0532. The molecule has 1 amide bonds. The number of fused-ring (bicyclic) bond motifs is 2. The summed E-state index contributed by atoms with van der Waals surface area (Å²) >= 11 is 1.48. The molecule has 0 saturated heterocycles. The van der Waals surface area contributed by atoms with Crippen molar-refractivity contribution >= 4 is 33.4 Å². The number of phenols is 1. The molecule has 2 aliphatic carbocycles. The van der Waals surface area contributed by atoms with Crippen LogP contribution in [0.1, 0.15) is 61.6 Å². The smallest absolute Gasteiger partial charge is 0.435 e. The Labute approximate surface area is 190 Å². The van der Waals surface area contributed by atoms with Crippen molar-refractivity contribution in [3.63, 3.8) is 0 Å². The van der Waals surface area contributed by atoms with Crippen LogP contribution >= 0.6 is 11.3 Å². The van der Waals surface area contributed by atoms with E-state index in [4.69, 9.17) is 4.74 Å². The summed E-state index contributed by atoms with van der Waals surface area (Å²) in [4.78, 5) is 28.1. The highest BCUT2D eigenvalue weighted by atomic mass is 32.1. The van der Waals surface area contributed by atoms with E-state index in [1.54, 1.807) is 18.3 Å². The van der Waals surface area contributed by atoms with Crippen LogP contribution in [0.25, 0.3) is 10.1 Å². The molecule has 0 aliphatic heterocycles. The molecule has 1 fully saturated rings. The molecule has 3 aromatic rings. The number of carbonyl (C=O) groups excluding carboxylic acids is 2. The number of thiophene rings is 1. The number of phenolic OH excluding ortho intramolecular Hbond substituents is 1. The summed E-state index contributed by atoms with van der Waals surface area (Å²) in [6, 6.07) is 5.50. The van der Waals surface area contributed by atoms with Crippen LogP contribution in [-0.2, 0) is 17.6 Å². The zero-order valence-electron chi connectivity index (χ0n) is 18.5. The van der Waals surface area contributed by atoms with Crippen LogP contribution in [0.4, 0.5) is 4.79 Å². The van der Waals surface area contributed by atoms with Gasteiger partial charge < -0.3 is 14.7 Å². The van der Waals surface area contributed by atoms with E-state index in [-0.39, 0.29) is 23.7 Å². The maximum absolute atomic E-state index is 13.6. The van der Waals surface area contributed by atoms with Gasteiger partial charge >= 0.3 is 6.09 Å². The second-order valence-corrected chi connectivity index (χ2v) is 10.6. The summed E-state index contributed by atoms with van der Waals surface area (Å²) < 4.78 is 7.64. The molecule has 1 saturated carbocycles. The quantitative estimate of drug-likeness (QED) is 0.619. The summed E-state index contributed by atoms with van der Waals surface area (Å²) in [5.41, 5.74) is 2.03. The normalized spacial score (nSPS) is 18.4. The summed E-state index contributed by atoms with van der Waals surface area (Å²) in [7, 11) is 0. The highest BCUT2D eigenvalue weighted by molar-refractivity contribution is 7.17. The van der Waals surface area contributed by atoms with Crippen LogP contribution in [0.5, 0.6) is 5.75 Å². The number of aromatic hydroxyl groups is 1. The largest absolute Gasteiger partial charge is 0.508 e. The summed E-state index contributed by atoms with van der Waals surface area (Å²) in [5, 5.41) is 17.0. The Bertz CT molecular complexity index is 1200. The fourth-order valence-electron chi connectivity index (χ4n) is 4.43. The van der Waals surface area contributed by atoms with Crippen molar-refractivity contribution in [3.05, 3.63) is 46.6 Å². The van der Waals surface area contributed by atoms with Gasteiger partial charge in [-0.1, -0.05) is 0 Å². The molecule has 2 aromatic heterocycles. The van der Waals surface area contributed by atoms with Crippen molar-refractivity contribution in [1.29, 1.82) is 0 Å². The molecule has 7 nitrogen and oxygen atoms in total. The van der Waals surface area contributed by atoms with Crippen molar-refractivity contribution in [2.45, 2.75) is 70.6 Å². The van der Waals surface area contributed by atoms with Crippen molar-refractivity contribution in [2.75, 3.05) is 0 Å². The highest BCUT2D eigenvalue weighted by Crippen LogP contribution is 2.37. The summed E-state index contributed by atoms with van der Waals surface area (Å²) in [5.74, 6) is 0.261. The average Bonchev–Trinajstić information content (AvgIpc) is 3.30. The third kappa shape index (κ3) is 3.99. The molecule has 5 rings (SSSR count). The number of hydrogen-bond acceptors (Lipinski definition) is 6. The molecule has 0 radical (unpaired) electrons. The van der Waals surface area contributed by atoms with Crippen molar-refractivity contribution in [3.8, 4) is 5.75 Å². The topological polar surface area (TPSA) is 84.7 Å². The second-order valence-electron chi connectivity index (χ2n) is 9.70. The Kier molecular flexibility index (Phi) is 5.00. The van der Waals surface area contributed by atoms with E-state index in [0.29, 0.717) is 12.0 Å². The van der Waals surface area contributed by atoms with Gasteiger partial charge in [0.1, 0.15) is 11.4 Å². The highest BCUT2D eigenvalue weighted by Gasteiger charge is 2.40. The van der Waals surface area contributed by atoms with Crippen molar-refractivity contribution in [1.82, 2.24) is 14.7 Å². The van der Waals surface area contributed by atoms with Gasteiger partial charge in [-0.05, 0) is 76.6 Å². The molecule has 2 aliphatic rings. The van der Waals surface area contributed by atoms with Gasteiger partial charge in [-0.2, -0.15) is 9.78 Å². The van der Waals surface area contributed by atoms with Crippen molar-refractivity contribution in [2.24, 2.45) is 0 Å². The SMILES string of the molecule is CC(C)(C)OC(=O)n1cc2c(n1)CCC(N(C(=O)c1csc3cc(O)ccc13)C1CC1)C2. The van der Waals surface area contributed by atoms with E-state index in [2.05, 4.69) is 10.00 Å². The first-order chi connectivity index (χ1) is 15.2. The minimum atomic E-state index is -0.582. The van der Waals surface area contributed by atoms with E-state index in [1.807, 2.05) is 32.2 Å². The Morgan fingerprint density at radius 3 is 2.72 bits per heavy atom. The number of aryl methyl sites for hydroxylation is 1. The number of hydrogen-bond donors (Lipinski definition) is 1. The monoisotopic (exact) mass is 453 g/mol. The Morgan fingerprint density at radius 1 is 1.22 bits per heavy atom. The fourth-order valence-corrected chi connectivity index (χ4v) is 5.40. The molecule has 8 heteroatoms. The number of rotatable bonds is 3. The van der Waals surface area contributed by atoms with Gasteiger partial charge in [0.15, 0.2) is 0 Å². The first-order valence-electron chi connectivity index (χ1n) is 11.0.